The molecule has 2 aliphatic rings. The number of hydrogen-bond acceptors (Lipinski definition) is 8. The highest BCUT2D eigenvalue weighted by Gasteiger charge is 2.29. The molecule has 6 rings (SSSR count). The Morgan fingerprint density at radius 3 is 2.58 bits per heavy atom. The number of anilines is 1. The number of ether oxygens (including phenoxy) is 3. The summed E-state index contributed by atoms with van der Waals surface area (Å²) in [6.07, 6.45) is -0.296. The Kier molecular flexibility index (Phi) is 8.64. The first kappa shape index (κ1) is 28.8. The molecule has 0 unspecified atom stereocenters. The number of nitrogens with one attached hydrogen (secondary N) is 1. The number of imidazole rings is 1. The minimum Gasteiger partial charge on any atom is -0.497 e. The number of methoxy groups -OCH3 is 1. The summed E-state index contributed by atoms with van der Waals surface area (Å²) in [5.74, 6) is 1.23. The van der Waals surface area contributed by atoms with Crippen LogP contribution >= 0.6 is 0 Å². The molecule has 0 bridgehead atoms. The third-order valence-corrected chi connectivity index (χ3v) is 7.92. The van der Waals surface area contributed by atoms with E-state index >= 15 is 0 Å². The van der Waals surface area contributed by atoms with Gasteiger partial charge in [-0.1, -0.05) is 24.3 Å². The molecule has 1 aliphatic heterocycles. The summed E-state index contributed by atoms with van der Waals surface area (Å²) < 4.78 is 46.8. The molecule has 1 aliphatic carbocycles. The molecule has 0 atom stereocenters. The van der Waals surface area contributed by atoms with E-state index in [2.05, 4.69) is 20.3 Å². The largest absolute Gasteiger partial charge is 0.497 e. The van der Waals surface area contributed by atoms with E-state index in [9.17, 15) is 13.6 Å². The topological polar surface area (TPSA) is 104 Å². The van der Waals surface area contributed by atoms with Crippen LogP contribution in [0.5, 0.6) is 11.6 Å². The average molecular weight is 593 g/mol. The zero-order chi connectivity index (χ0) is 29.8. The third-order valence-electron chi connectivity index (χ3n) is 7.92. The predicted octanol–water partition coefficient (Wildman–Crippen LogP) is 4.85. The van der Waals surface area contributed by atoms with Gasteiger partial charge in [-0.05, 0) is 55.5 Å². The van der Waals surface area contributed by atoms with Crippen molar-refractivity contribution < 1.29 is 27.8 Å². The Hall–Kier alpha value is -4.32. The molecule has 1 amide bonds. The van der Waals surface area contributed by atoms with Gasteiger partial charge in [0.2, 0.25) is 17.7 Å². The predicted molar refractivity (Wildman–Crippen MR) is 156 cm³/mol. The van der Waals surface area contributed by atoms with Crippen LogP contribution in [0.3, 0.4) is 0 Å². The van der Waals surface area contributed by atoms with E-state index in [4.69, 9.17) is 14.2 Å². The van der Waals surface area contributed by atoms with E-state index in [0.29, 0.717) is 81.4 Å². The van der Waals surface area contributed by atoms with Gasteiger partial charge < -0.3 is 24.4 Å². The number of carbonyl (C=O) groups is 1. The zero-order valence-corrected chi connectivity index (χ0v) is 23.9. The highest BCUT2D eigenvalue weighted by molar-refractivity contribution is 5.79. The molecular formula is C31H34F2N6O4. The van der Waals surface area contributed by atoms with E-state index in [1.165, 1.54) is 4.57 Å². The zero-order valence-electron chi connectivity index (χ0n) is 23.9. The molecule has 0 spiro atoms. The van der Waals surface area contributed by atoms with E-state index in [-0.39, 0.29) is 29.6 Å². The van der Waals surface area contributed by atoms with Crippen molar-refractivity contribution in [2.45, 2.75) is 44.8 Å². The molecular weight excluding hydrogens is 558 g/mol. The number of hydrogen-bond donors (Lipinski definition) is 1. The van der Waals surface area contributed by atoms with Crippen molar-refractivity contribution in [3.63, 3.8) is 0 Å². The fraction of sp³-hybridized carbons (Fsp3) is 0.419. The molecule has 3 heterocycles. The fourth-order valence-electron chi connectivity index (χ4n) is 5.64. The summed E-state index contributed by atoms with van der Waals surface area (Å²) in [7, 11) is 1.62. The average Bonchev–Trinajstić information content (AvgIpc) is 3.45. The van der Waals surface area contributed by atoms with Gasteiger partial charge in [0, 0.05) is 31.6 Å². The Balaban J connectivity index is 1.18. The molecule has 43 heavy (non-hydrogen) atoms. The molecule has 0 radical (unpaired) electrons. The minimum absolute atomic E-state index is 0.0201. The van der Waals surface area contributed by atoms with Crippen LogP contribution < -0.4 is 19.7 Å². The number of amides is 1. The highest BCUT2D eigenvalue weighted by atomic mass is 19.3. The van der Waals surface area contributed by atoms with Gasteiger partial charge >= 0.3 is 0 Å². The quantitative estimate of drug-likeness (QED) is 0.294. The number of halogens is 2. The van der Waals surface area contributed by atoms with Crippen LogP contribution in [0.1, 0.15) is 43.5 Å². The van der Waals surface area contributed by atoms with Gasteiger partial charge in [-0.25, -0.2) is 13.8 Å². The second kappa shape index (κ2) is 12.9. The van der Waals surface area contributed by atoms with Gasteiger partial charge in [0.05, 0.1) is 31.4 Å². The molecule has 2 aromatic carbocycles. The maximum atomic E-state index is 14.1. The first-order chi connectivity index (χ1) is 21.0. The normalized spacial score (nSPS) is 19.0. The maximum absolute atomic E-state index is 14.1. The van der Waals surface area contributed by atoms with Crippen molar-refractivity contribution in [2.24, 2.45) is 5.92 Å². The SMILES string of the molecule is COc1cccc(CNC(=O)C2CCC(Oc3cc(-n4c(C(F)F)nc5ccccc54)nc(N4CCOCC4)n3)CC2)c1. The maximum Gasteiger partial charge on any atom is 0.296 e. The molecule has 10 nitrogen and oxygen atoms in total. The summed E-state index contributed by atoms with van der Waals surface area (Å²) in [5.41, 5.74) is 1.95. The van der Waals surface area contributed by atoms with Crippen LogP contribution in [0.2, 0.25) is 0 Å². The number of para-hydroxylation sites is 2. The lowest BCUT2D eigenvalue weighted by Gasteiger charge is -2.29. The third kappa shape index (κ3) is 6.53. The summed E-state index contributed by atoms with van der Waals surface area (Å²) in [6.45, 7) is 2.62. The number of carbonyl (C=O) groups excluding carboxylic acids is 1. The molecule has 12 heteroatoms. The number of morpholine rings is 1. The van der Waals surface area contributed by atoms with Crippen LogP contribution in [0.4, 0.5) is 14.7 Å². The van der Waals surface area contributed by atoms with Gasteiger partial charge in [-0.3, -0.25) is 9.36 Å². The van der Waals surface area contributed by atoms with Gasteiger partial charge in [0.25, 0.3) is 6.43 Å². The lowest BCUT2D eigenvalue weighted by molar-refractivity contribution is -0.126. The second-order valence-electron chi connectivity index (χ2n) is 10.7. The molecule has 1 saturated carbocycles. The van der Waals surface area contributed by atoms with Crippen molar-refractivity contribution in [3.8, 4) is 17.4 Å². The molecule has 1 saturated heterocycles. The van der Waals surface area contributed by atoms with Gasteiger partial charge in [-0.2, -0.15) is 9.97 Å². The number of fused-ring (bicyclic) bond motifs is 1. The van der Waals surface area contributed by atoms with E-state index in [1.54, 1.807) is 37.4 Å². The Labute approximate surface area is 248 Å². The van der Waals surface area contributed by atoms with Gasteiger partial charge in [0.15, 0.2) is 5.82 Å². The van der Waals surface area contributed by atoms with E-state index in [0.717, 1.165) is 11.3 Å². The van der Waals surface area contributed by atoms with Gasteiger partial charge in [0.1, 0.15) is 17.7 Å². The smallest absolute Gasteiger partial charge is 0.296 e. The number of nitrogens with zero attached hydrogens (tertiary/aromatic N) is 5. The van der Waals surface area contributed by atoms with Crippen molar-refractivity contribution in [2.75, 3.05) is 38.3 Å². The van der Waals surface area contributed by atoms with Crippen LogP contribution in [0, 0.1) is 5.92 Å². The summed E-state index contributed by atoms with van der Waals surface area (Å²) in [4.78, 5) is 28.4. The molecule has 4 aromatic rings. The lowest BCUT2D eigenvalue weighted by atomic mass is 9.86. The minimum atomic E-state index is -2.80. The summed E-state index contributed by atoms with van der Waals surface area (Å²) >= 11 is 0. The summed E-state index contributed by atoms with van der Waals surface area (Å²) in [6, 6.07) is 16.2. The number of aromatic nitrogens is 4. The van der Waals surface area contributed by atoms with Crippen molar-refractivity contribution in [1.82, 2.24) is 24.8 Å². The van der Waals surface area contributed by atoms with Crippen LogP contribution in [-0.4, -0.2) is 64.9 Å². The highest BCUT2D eigenvalue weighted by Crippen LogP contribution is 2.32. The fourth-order valence-corrected chi connectivity index (χ4v) is 5.64. The summed E-state index contributed by atoms with van der Waals surface area (Å²) in [5, 5.41) is 3.04. The standard InChI is InChI=1S/C31H34F2N6O4/c1-41-23-6-4-5-20(17-23)19-34-30(40)21-9-11-22(12-10-21)43-27-18-26(36-31(37-27)38-13-15-42-16-14-38)39-25-8-3-2-7-24(25)35-29(39)28(32)33/h2-8,17-18,21-22,28H,9-16,19H2,1H3,(H,34,40). The van der Waals surface area contributed by atoms with Gasteiger partial charge in [-0.15, -0.1) is 0 Å². The van der Waals surface area contributed by atoms with Crippen molar-refractivity contribution >= 4 is 22.9 Å². The van der Waals surface area contributed by atoms with Crippen molar-refractivity contribution in [3.05, 3.63) is 66.0 Å². The van der Waals surface area contributed by atoms with E-state index < -0.39 is 6.43 Å². The number of benzene rings is 2. The number of alkyl halides is 2. The van der Waals surface area contributed by atoms with Crippen LogP contribution in [0.15, 0.2) is 54.6 Å². The Morgan fingerprint density at radius 1 is 1.02 bits per heavy atom. The van der Waals surface area contributed by atoms with E-state index in [1.807, 2.05) is 29.2 Å². The molecule has 1 N–H and O–H groups in total. The first-order valence-corrected chi connectivity index (χ1v) is 14.5. The first-order valence-electron chi connectivity index (χ1n) is 14.5. The van der Waals surface area contributed by atoms with Crippen molar-refractivity contribution in [1.29, 1.82) is 0 Å². The monoisotopic (exact) mass is 592 g/mol. The second-order valence-corrected chi connectivity index (χ2v) is 10.7. The van der Waals surface area contributed by atoms with Crippen LogP contribution in [-0.2, 0) is 16.1 Å². The van der Waals surface area contributed by atoms with Crippen LogP contribution in [0.25, 0.3) is 16.9 Å². The Morgan fingerprint density at radius 2 is 1.81 bits per heavy atom. The lowest BCUT2D eigenvalue weighted by Crippen LogP contribution is -2.37. The molecule has 226 valence electrons. The number of rotatable bonds is 9. The Bertz CT molecular complexity index is 1570. The molecule has 2 aromatic heterocycles. The molecule has 2 fully saturated rings.